The minimum atomic E-state index is -0.233. The van der Waals surface area contributed by atoms with Crippen LogP contribution in [0.15, 0.2) is 40.9 Å². The van der Waals surface area contributed by atoms with E-state index in [0.29, 0.717) is 11.6 Å². The number of anilines is 1. The quantitative estimate of drug-likeness (QED) is 0.713. The standard InChI is InChI=1S/C18H15BrN2O2/c19-14-7-8-15(13-4-2-1-3-12(13)14)21-17(22)16-10-5-6-11(9-10)20(16)18(21)23/h1-4,7-8,10-11,16H,5-6,9H2/t10?,11-,16?/m1/s1. The minimum Gasteiger partial charge on any atom is -0.309 e. The first-order chi connectivity index (χ1) is 11.2. The second kappa shape index (κ2) is 4.57. The van der Waals surface area contributed by atoms with Crippen LogP contribution < -0.4 is 4.90 Å². The van der Waals surface area contributed by atoms with Gasteiger partial charge in [-0.05, 0) is 42.7 Å². The largest absolute Gasteiger partial charge is 0.332 e. The number of fused-ring (bicyclic) bond motifs is 6. The fraction of sp³-hybridized carbons (Fsp3) is 0.333. The normalized spacial score (nSPS) is 29.0. The zero-order valence-corrected chi connectivity index (χ0v) is 14.0. The minimum absolute atomic E-state index is 0.0466. The van der Waals surface area contributed by atoms with Crippen LogP contribution in [-0.4, -0.2) is 28.9 Å². The van der Waals surface area contributed by atoms with Crippen molar-refractivity contribution in [3.8, 4) is 0 Å². The van der Waals surface area contributed by atoms with Crippen molar-refractivity contribution in [1.29, 1.82) is 0 Å². The predicted octanol–water partition coefficient (Wildman–Crippen LogP) is 3.92. The predicted molar refractivity (Wildman–Crippen MR) is 91.3 cm³/mol. The number of imide groups is 1. The summed E-state index contributed by atoms with van der Waals surface area (Å²) in [4.78, 5) is 29.2. The van der Waals surface area contributed by atoms with Crippen LogP contribution in [-0.2, 0) is 4.79 Å². The molecular formula is C18H15BrN2O2. The van der Waals surface area contributed by atoms with Crippen LogP contribution in [0.4, 0.5) is 10.5 Å². The highest BCUT2D eigenvalue weighted by atomic mass is 79.9. The van der Waals surface area contributed by atoms with Crippen LogP contribution in [0.1, 0.15) is 19.3 Å². The molecule has 1 aliphatic carbocycles. The van der Waals surface area contributed by atoms with Crippen molar-refractivity contribution in [2.24, 2.45) is 5.92 Å². The highest BCUT2D eigenvalue weighted by Crippen LogP contribution is 2.48. The summed E-state index contributed by atoms with van der Waals surface area (Å²) in [7, 11) is 0. The van der Waals surface area contributed by atoms with Gasteiger partial charge in [0.05, 0.1) is 5.69 Å². The SMILES string of the molecule is O=C1C2C3CC[C@H](C3)N2C(=O)N1c1ccc(Br)c2ccccc12. The molecule has 3 aliphatic rings. The molecule has 4 nitrogen and oxygen atoms in total. The Morgan fingerprint density at radius 2 is 1.78 bits per heavy atom. The van der Waals surface area contributed by atoms with Crippen molar-refractivity contribution in [2.75, 3.05) is 4.90 Å². The molecule has 0 spiro atoms. The lowest BCUT2D eigenvalue weighted by atomic mass is 9.99. The number of hydrogen-bond donors (Lipinski definition) is 0. The van der Waals surface area contributed by atoms with Crippen molar-refractivity contribution >= 4 is 44.3 Å². The Morgan fingerprint density at radius 1 is 1.00 bits per heavy atom. The van der Waals surface area contributed by atoms with Crippen LogP contribution in [0.3, 0.4) is 0 Å². The maximum absolute atomic E-state index is 13.0. The van der Waals surface area contributed by atoms with E-state index in [1.165, 1.54) is 4.90 Å². The van der Waals surface area contributed by atoms with Gasteiger partial charge in [-0.25, -0.2) is 9.69 Å². The molecule has 2 bridgehead atoms. The highest BCUT2D eigenvalue weighted by molar-refractivity contribution is 9.10. The third-order valence-electron chi connectivity index (χ3n) is 5.56. The number of hydrogen-bond acceptors (Lipinski definition) is 2. The summed E-state index contributed by atoms with van der Waals surface area (Å²) in [5.74, 6) is 0.304. The van der Waals surface area contributed by atoms with E-state index in [-0.39, 0.29) is 24.0 Å². The number of halogens is 1. The molecular weight excluding hydrogens is 356 g/mol. The Balaban J connectivity index is 1.67. The number of carbonyl (C=O) groups excluding carboxylic acids is 2. The smallest absolute Gasteiger partial charge is 0.309 e. The number of carbonyl (C=O) groups is 2. The van der Waals surface area contributed by atoms with Crippen LogP contribution in [0, 0.1) is 5.92 Å². The number of urea groups is 1. The van der Waals surface area contributed by atoms with Crippen LogP contribution in [0.25, 0.3) is 10.8 Å². The Hall–Kier alpha value is -1.88. The molecule has 116 valence electrons. The number of rotatable bonds is 1. The number of amides is 3. The van der Waals surface area contributed by atoms with E-state index in [4.69, 9.17) is 0 Å². The summed E-state index contributed by atoms with van der Waals surface area (Å²) in [6.45, 7) is 0. The van der Waals surface area contributed by atoms with E-state index in [2.05, 4.69) is 15.9 Å². The molecule has 2 unspecified atom stereocenters. The first-order valence-corrected chi connectivity index (χ1v) is 8.79. The number of nitrogens with zero attached hydrogens (tertiary/aromatic N) is 2. The monoisotopic (exact) mass is 370 g/mol. The summed E-state index contributed by atoms with van der Waals surface area (Å²) in [6, 6.07) is 11.5. The second-order valence-corrected chi connectivity index (χ2v) is 7.50. The molecule has 0 N–H and O–H groups in total. The Kier molecular flexibility index (Phi) is 2.69. The van der Waals surface area contributed by atoms with E-state index in [1.807, 2.05) is 41.3 Å². The summed E-state index contributed by atoms with van der Waals surface area (Å²) in [6.07, 6.45) is 3.10. The lowest BCUT2D eigenvalue weighted by Crippen LogP contribution is -2.40. The molecule has 3 fully saturated rings. The highest BCUT2D eigenvalue weighted by Gasteiger charge is 2.59. The molecule has 2 heterocycles. The topological polar surface area (TPSA) is 40.6 Å². The van der Waals surface area contributed by atoms with Crippen molar-refractivity contribution in [3.05, 3.63) is 40.9 Å². The molecule has 1 saturated carbocycles. The average Bonchev–Trinajstić information content (AvgIpc) is 3.24. The van der Waals surface area contributed by atoms with Gasteiger partial charge in [0.1, 0.15) is 6.04 Å². The van der Waals surface area contributed by atoms with Crippen molar-refractivity contribution in [2.45, 2.75) is 31.3 Å². The van der Waals surface area contributed by atoms with E-state index < -0.39 is 0 Å². The van der Waals surface area contributed by atoms with E-state index in [1.54, 1.807) is 0 Å². The van der Waals surface area contributed by atoms with Gasteiger partial charge in [0.15, 0.2) is 0 Å². The molecule has 2 aromatic carbocycles. The summed E-state index contributed by atoms with van der Waals surface area (Å²) in [5.41, 5.74) is 0.701. The second-order valence-electron chi connectivity index (χ2n) is 6.65. The molecule has 0 radical (unpaired) electrons. The van der Waals surface area contributed by atoms with E-state index in [9.17, 15) is 9.59 Å². The van der Waals surface area contributed by atoms with Gasteiger partial charge in [0, 0.05) is 15.9 Å². The van der Waals surface area contributed by atoms with Crippen LogP contribution >= 0.6 is 15.9 Å². The van der Waals surface area contributed by atoms with Gasteiger partial charge >= 0.3 is 6.03 Å². The van der Waals surface area contributed by atoms with Crippen molar-refractivity contribution < 1.29 is 9.59 Å². The van der Waals surface area contributed by atoms with Gasteiger partial charge in [-0.2, -0.15) is 0 Å². The fourth-order valence-electron chi connectivity index (χ4n) is 4.59. The summed E-state index contributed by atoms with van der Waals surface area (Å²) in [5, 5.41) is 1.94. The fourth-order valence-corrected chi connectivity index (χ4v) is 5.06. The molecule has 5 rings (SSSR count). The Morgan fingerprint density at radius 3 is 2.57 bits per heavy atom. The van der Waals surface area contributed by atoms with Gasteiger partial charge in [-0.3, -0.25) is 4.79 Å². The Bertz CT molecular complexity index is 837. The van der Waals surface area contributed by atoms with Crippen LogP contribution in [0.2, 0.25) is 0 Å². The lowest BCUT2D eigenvalue weighted by Gasteiger charge is -2.25. The van der Waals surface area contributed by atoms with Gasteiger partial charge in [0.2, 0.25) is 0 Å². The molecule has 3 atom stereocenters. The number of benzene rings is 2. The molecule has 23 heavy (non-hydrogen) atoms. The molecule has 2 saturated heterocycles. The molecule has 2 aliphatic heterocycles. The van der Waals surface area contributed by atoms with Gasteiger partial charge in [0.25, 0.3) is 5.91 Å². The zero-order chi connectivity index (χ0) is 15.7. The third kappa shape index (κ3) is 1.66. The number of piperidine rings is 1. The van der Waals surface area contributed by atoms with Crippen molar-refractivity contribution in [3.63, 3.8) is 0 Å². The molecule has 2 aromatic rings. The third-order valence-corrected chi connectivity index (χ3v) is 6.25. The van der Waals surface area contributed by atoms with Gasteiger partial charge in [-0.1, -0.05) is 40.2 Å². The first kappa shape index (κ1) is 13.5. The van der Waals surface area contributed by atoms with Crippen LogP contribution in [0.5, 0.6) is 0 Å². The molecule has 5 heteroatoms. The zero-order valence-electron chi connectivity index (χ0n) is 12.4. The molecule has 3 amide bonds. The average molecular weight is 371 g/mol. The first-order valence-electron chi connectivity index (χ1n) is 8.00. The van der Waals surface area contributed by atoms with E-state index in [0.717, 1.165) is 34.5 Å². The van der Waals surface area contributed by atoms with Gasteiger partial charge < -0.3 is 4.90 Å². The summed E-state index contributed by atoms with van der Waals surface area (Å²) >= 11 is 3.55. The van der Waals surface area contributed by atoms with Crippen molar-refractivity contribution in [1.82, 2.24) is 4.90 Å². The van der Waals surface area contributed by atoms with Gasteiger partial charge in [-0.15, -0.1) is 0 Å². The lowest BCUT2D eigenvalue weighted by molar-refractivity contribution is -0.120. The maximum Gasteiger partial charge on any atom is 0.332 e. The summed E-state index contributed by atoms with van der Waals surface area (Å²) < 4.78 is 0.969. The Labute approximate surface area is 142 Å². The maximum atomic E-state index is 13.0. The molecule has 0 aromatic heterocycles. The van der Waals surface area contributed by atoms with E-state index >= 15 is 0 Å².